The topological polar surface area (TPSA) is 98.8 Å². The van der Waals surface area contributed by atoms with E-state index >= 15 is 0 Å². The first-order valence-electron chi connectivity index (χ1n) is 13.3. The van der Waals surface area contributed by atoms with E-state index in [0.717, 1.165) is 38.5 Å². The highest BCUT2D eigenvalue weighted by molar-refractivity contribution is 5.71. The molecule has 2 rings (SSSR count). The van der Waals surface area contributed by atoms with Crippen LogP contribution in [0.5, 0.6) is 0 Å². The van der Waals surface area contributed by atoms with Gasteiger partial charge >= 0.3 is 0 Å². The van der Waals surface area contributed by atoms with Crippen LogP contribution in [-0.2, 0) is 4.74 Å². The minimum absolute atomic E-state index is 0.110. The fraction of sp³-hybridized carbons (Fsp3) is 0.769. The number of hydrogen-bond donors (Lipinski definition) is 2. The molecule has 7 heteroatoms. The van der Waals surface area contributed by atoms with E-state index in [0.29, 0.717) is 11.2 Å². The highest BCUT2D eigenvalue weighted by Gasteiger charge is 2.14. The zero-order valence-corrected chi connectivity index (χ0v) is 21.0. The summed E-state index contributed by atoms with van der Waals surface area (Å²) in [6.45, 7) is 5.90. The first-order chi connectivity index (χ1) is 16.1. The Kier molecular flexibility index (Phi) is 13.8. The van der Waals surface area contributed by atoms with Crippen molar-refractivity contribution < 1.29 is 4.74 Å². The van der Waals surface area contributed by atoms with E-state index in [1.165, 1.54) is 83.5 Å². The molecule has 7 nitrogen and oxygen atoms in total. The molecule has 0 aliphatic heterocycles. The van der Waals surface area contributed by atoms with Gasteiger partial charge in [0, 0.05) is 13.2 Å². The van der Waals surface area contributed by atoms with Crippen LogP contribution in [0.2, 0.25) is 0 Å². The van der Waals surface area contributed by atoms with Crippen LogP contribution in [-0.4, -0.2) is 32.7 Å². The number of fused-ring (bicyclic) bond motifs is 1. The van der Waals surface area contributed by atoms with Gasteiger partial charge < -0.3 is 15.0 Å². The zero-order chi connectivity index (χ0) is 23.7. The standard InChI is InChI=1S/C26H46N5O2/c1-3-4-5-6-7-8-9-10-11-12-13-14-15-16-19-33-20-17-18-22(2)31-21-28-23-24(31)29-26(27)30-25(23)32/h21H,3-20H2,1-2H3,(H3,27,29,30,32). The number of aromatic amines is 1. The summed E-state index contributed by atoms with van der Waals surface area (Å²) >= 11 is 0. The molecule has 0 unspecified atom stereocenters. The van der Waals surface area contributed by atoms with Crippen LogP contribution < -0.4 is 11.3 Å². The van der Waals surface area contributed by atoms with Gasteiger partial charge in [-0.25, -0.2) is 4.98 Å². The predicted octanol–water partition coefficient (Wildman–Crippen LogP) is 6.38. The summed E-state index contributed by atoms with van der Waals surface area (Å²) in [6.07, 6.45) is 22.7. The summed E-state index contributed by atoms with van der Waals surface area (Å²) in [5, 5.41) is 0. The molecule has 2 aromatic heterocycles. The van der Waals surface area contributed by atoms with E-state index in [1.54, 1.807) is 6.33 Å². The first-order valence-corrected chi connectivity index (χ1v) is 13.3. The average molecular weight is 461 g/mol. The first kappa shape index (κ1) is 27.4. The van der Waals surface area contributed by atoms with Gasteiger partial charge in [0.05, 0.1) is 12.4 Å². The molecule has 0 aromatic carbocycles. The SMILES string of the molecule is CCCCCCCCCCCCCCCCOCCC[C](C)n1cnc2c(=O)[nH]c(N)nc21. The lowest BCUT2D eigenvalue weighted by molar-refractivity contribution is 0.126. The molecule has 2 aromatic rings. The number of nitrogens with one attached hydrogen (secondary N) is 1. The van der Waals surface area contributed by atoms with Gasteiger partial charge in [0.25, 0.3) is 5.56 Å². The van der Waals surface area contributed by atoms with Gasteiger partial charge in [-0.05, 0) is 26.2 Å². The van der Waals surface area contributed by atoms with Crippen molar-refractivity contribution in [3.63, 3.8) is 0 Å². The summed E-state index contributed by atoms with van der Waals surface area (Å²) in [4.78, 5) is 22.7. The van der Waals surface area contributed by atoms with Crippen molar-refractivity contribution in [2.24, 2.45) is 0 Å². The van der Waals surface area contributed by atoms with E-state index in [9.17, 15) is 4.79 Å². The quantitative estimate of drug-likeness (QED) is 0.223. The Balaban J connectivity index is 1.39. The highest BCUT2D eigenvalue weighted by atomic mass is 16.5. The molecule has 0 amide bonds. The third-order valence-electron chi connectivity index (χ3n) is 6.31. The van der Waals surface area contributed by atoms with Crippen molar-refractivity contribution in [3.05, 3.63) is 22.7 Å². The van der Waals surface area contributed by atoms with E-state index in [1.807, 2.05) is 11.5 Å². The summed E-state index contributed by atoms with van der Waals surface area (Å²) in [5.74, 6) is 0.110. The van der Waals surface area contributed by atoms with Crippen LogP contribution in [0.25, 0.3) is 11.2 Å². The number of hydrogen-bond acceptors (Lipinski definition) is 5. The summed E-state index contributed by atoms with van der Waals surface area (Å²) in [5.41, 5.74) is 6.19. The normalized spacial score (nSPS) is 11.7. The fourth-order valence-corrected chi connectivity index (χ4v) is 4.26. The van der Waals surface area contributed by atoms with Crippen molar-refractivity contribution in [2.45, 2.75) is 117 Å². The smallest absolute Gasteiger partial charge is 0.280 e. The van der Waals surface area contributed by atoms with Gasteiger partial charge in [-0.1, -0.05) is 90.4 Å². The third-order valence-corrected chi connectivity index (χ3v) is 6.31. The third kappa shape index (κ3) is 10.7. The lowest BCUT2D eigenvalue weighted by Gasteiger charge is -2.13. The number of nitrogens with zero attached hydrogens (tertiary/aromatic N) is 3. The molecule has 2 heterocycles. The highest BCUT2D eigenvalue weighted by Crippen LogP contribution is 2.17. The second kappa shape index (κ2) is 16.7. The van der Waals surface area contributed by atoms with E-state index in [-0.39, 0.29) is 11.5 Å². The minimum Gasteiger partial charge on any atom is -0.381 e. The Morgan fingerprint density at radius 2 is 1.45 bits per heavy atom. The van der Waals surface area contributed by atoms with Crippen LogP contribution >= 0.6 is 0 Å². The van der Waals surface area contributed by atoms with Crippen molar-refractivity contribution in [1.29, 1.82) is 0 Å². The molecular weight excluding hydrogens is 414 g/mol. The second-order valence-corrected chi connectivity index (χ2v) is 9.29. The zero-order valence-electron chi connectivity index (χ0n) is 21.0. The van der Waals surface area contributed by atoms with Gasteiger partial charge in [-0.3, -0.25) is 9.78 Å². The molecule has 187 valence electrons. The Bertz CT molecular complexity index is 817. The maximum atomic E-state index is 11.9. The maximum Gasteiger partial charge on any atom is 0.280 e. The Morgan fingerprint density at radius 1 is 0.909 bits per heavy atom. The second-order valence-electron chi connectivity index (χ2n) is 9.29. The molecule has 33 heavy (non-hydrogen) atoms. The molecule has 0 atom stereocenters. The number of rotatable bonds is 20. The summed E-state index contributed by atoms with van der Waals surface area (Å²) in [6, 6.07) is 1.08. The predicted molar refractivity (Wildman–Crippen MR) is 137 cm³/mol. The van der Waals surface area contributed by atoms with E-state index in [4.69, 9.17) is 10.5 Å². The minimum atomic E-state index is -0.305. The number of imidazole rings is 1. The lowest BCUT2D eigenvalue weighted by atomic mass is 10.0. The summed E-state index contributed by atoms with van der Waals surface area (Å²) < 4.78 is 7.65. The van der Waals surface area contributed by atoms with E-state index in [2.05, 4.69) is 21.9 Å². The van der Waals surface area contributed by atoms with Gasteiger partial charge in [-0.15, -0.1) is 0 Å². The largest absolute Gasteiger partial charge is 0.381 e. The molecule has 0 saturated heterocycles. The molecule has 1 radical (unpaired) electrons. The van der Waals surface area contributed by atoms with Gasteiger partial charge in [0.15, 0.2) is 11.2 Å². The fourth-order valence-electron chi connectivity index (χ4n) is 4.26. The number of H-pyrrole nitrogens is 1. The molecule has 3 N–H and O–H groups in total. The van der Waals surface area contributed by atoms with Crippen LogP contribution in [0.3, 0.4) is 0 Å². The lowest BCUT2D eigenvalue weighted by Crippen LogP contribution is -2.13. The molecular formula is C26H46N5O2. The Labute approximate surface area is 199 Å². The monoisotopic (exact) mass is 460 g/mol. The number of nitrogen functional groups attached to an aromatic ring is 1. The number of nitrogens with two attached hydrogens (primary N) is 1. The Morgan fingerprint density at radius 3 is 2.06 bits per heavy atom. The average Bonchev–Trinajstić information content (AvgIpc) is 3.22. The molecule has 0 aliphatic carbocycles. The number of ether oxygens (including phenoxy) is 1. The van der Waals surface area contributed by atoms with Crippen molar-refractivity contribution in [3.8, 4) is 0 Å². The van der Waals surface area contributed by atoms with Crippen molar-refractivity contribution >= 4 is 17.1 Å². The molecule has 0 aliphatic rings. The summed E-state index contributed by atoms with van der Waals surface area (Å²) in [7, 11) is 0. The van der Waals surface area contributed by atoms with Gasteiger partial charge in [0.2, 0.25) is 5.95 Å². The molecule has 0 bridgehead atoms. The number of aromatic nitrogens is 4. The molecule has 0 spiro atoms. The number of unbranched alkanes of at least 4 members (excludes halogenated alkanes) is 13. The molecule has 0 fully saturated rings. The van der Waals surface area contributed by atoms with Gasteiger partial charge in [0.1, 0.15) is 0 Å². The van der Waals surface area contributed by atoms with Crippen LogP contribution in [0.1, 0.15) is 117 Å². The van der Waals surface area contributed by atoms with Crippen LogP contribution in [0.4, 0.5) is 5.95 Å². The van der Waals surface area contributed by atoms with Crippen molar-refractivity contribution in [2.75, 3.05) is 18.9 Å². The molecule has 0 saturated carbocycles. The van der Waals surface area contributed by atoms with Crippen molar-refractivity contribution in [1.82, 2.24) is 19.5 Å². The maximum absolute atomic E-state index is 11.9. The van der Waals surface area contributed by atoms with E-state index < -0.39 is 0 Å². The Hall–Kier alpha value is -1.89. The van der Waals surface area contributed by atoms with Crippen LogP contribution in [0.15, 0.2) is 11.1 Å². The van der Waals surface area contributed by atoms with Gasteiger partial charge in [-0.2, -0.15) is 4.98 Å². The van der Waals surface area contributed by atoms with Crippen LogP contribution in [0, 0.1) is 6.04 Å². The number of anilines is 1.